The van der Waals surface area contributed by atoms with Gasteiger partial charge < -0.3 is 14.0 Å². The minimum atomic E-state index is -1.10. The summed E-state index contributed by atoms with van der Waals surface area (Å²) in [5.41, 5.74) is 1.01. The molecule has 22 heavy (non-hydrogen) atoms. The molecule has 0 atom stereocenters. The van der Waals surface area contributed by atoms with Crippen molar-refractivity contribution in [3.63, 3.8) is 0 Å². The van der Waals surface area contributed by atoms with Crippen LogP contribution in [0.1, 0.15) is 10.4 Å². The molecule has 0 bridgehead atoms. The monoisotopic (exact) mass is 340 g/mol. The first-order chi connectivity index (χ1) is 10.3. The van der Waals surface area contributed by atoms with Crippen LogP contribution in [0.2, 0.25) is 30.7 Å². The average molecular weight is 341 g/mol. The minimum Gasteiger partial charge on any atom is -0.465 e. The van der Waals surface area contributed by atoms with E-state index in [0.29, 0.717) is 23.3 Å². The van der Waals surface area contributed by atoms with E-state index in [1.807, 2.05) is 16.8 Å². The number of carbonyl (C=O) groups excluding carboxylic acids is 1. The molecule has 0 fully saturated rings. The molecule has 5 nitrogen and oxygen atoms in total. The summed E-state index contributed by atoms with van der Waals surface area (Å²) in [7, 11) is 0.237. The van der Waals surface area contributed by atoms with E-state index in [1.54, 1.807) is 0 Å². The number of aromatic nitrogens is 2. The number of hydrogen-bond acceptors (Lipinski definition) is 4. The zero-order valence-electron chi connectivity index (χ0n) is 13.4. The van der Waals surface area contributed by atoms with Gasteiger partial charge >= 0.3 is 5.97 Å². The summed E-state index contributed by atoms with van der Waals surface area (Å²) in [6.45, 7) is 8.07. The Bertz CT molecular complexity index is 679. The number of hydrogen-bond donors (Lipinski definition) is 0. The Morgan fingerprint density at radius 2 is 2.14 bits per heavy atom. The number of methoxy groups -OCH3 is 1. The highest BCUT2D eigenvalue weighted by molar-refractivity contribution is 6.76. The molecule has 0 N–H and O–H groups in total. The number of halogens is 1. The molecule has 0 aromatic carbocycles. The van der Waals surface area contributed by atoms with E-state index < -0.39 is 14.0 Å². The number of rotatable bonds is 6. The number of nitrogens with zero attached hydrogens (tertiary/aromatic N) is 2. The van der Waals surface area contributed by atoms with E-state index >= 15 is 0 Å². The highest BCUT2D eigenvalue weighted by Gasteiger charge is 2.18. The Morgan fingerprint density at radius 1 is 1.41 bits per heavy atom. The summed E-state index contributed by atoms with van der Waals surface area (Å²) in [4.78, 5) is 16.2. The van der Waals surface area contributed by atoms with E-state index in [4.69, 9.17) is 21.1 Å². The van der Waals surface area contributed by atoms with Gasteiger partial charge in [0.1, 0.15) is 12.4 Å². The van der Waals surface area contributed by atoms with E-state index in [0.717, 1.165) is 12.7 Å². The lowest BCUT2D eigenvalue weighted by molar-refractivity contribution is 0.0603. The summed E-state index contributed by atoms with van der Waals surface area (Å²) in [5.74, 6) is -0.463. The van der Waals surface area contributed by atoms with Crippen molar-refractivity contribution in [2.45, 2.75) is 32.4 Å². The van der Waals surface area contributed by atoms with Gasteiger partial charge in [-0.1, -0.05) is 31.2 Å². The van der Waals surface area contributed by atoms with Crippen molar-refractivity contribution in [3.05, 3.63) is 29.0 Å². The lowest BCUT2D eigenvalue weighted by Gasteiger charge is -2.15. The number of fused-ring (bicyclic) bond motifs is 1. The molecule has 0 saturated carbocycles. The lowest BCUT2D eigenvalue weighted by Crippen LogP contribution is -2.22. The van der Waals surface area contributed by atoms with Crippen LogP contribution in [0, 0.1) is 0 Å². The molecule has 2 heterocycles. The van der Waals surface area contributed by atoms with Crippen molar-refractivity contribution in [2.24, 2.45) is 0 Å². The lowest BCUT2D eigenvalue weighted by atomic mass is 10.2. The van der Waals surface area contributed by atoms with Crippen LogP contribution < -0.4 is 0 Å². The Kier molecular flexibility index (Phi) is 5.26. The molecular weight excluding hydrogens is 320 g/mol. The predicted molar refractivity (Wildman–Crippen MR) is 90.2 cm³/mol. The van der Waals surface area contributed by atoms with E-state index in [9.17, 15) is 4.79 Å². The molecule has 0 amide bonds. The molecule has 7 heteroatoms. The molecule has 0 aliphatic carbocycles. The standard InChI is InChI=1S/C15H21ClN2O3Si/c1-20-15(19)13-11-5-6-18(14(11)17-9-12(13)16)10-21-7-8-22(2,3)4/h5-6,9H,7-8,10H2,1-4H3. The van der Waals surface area contributed by atoms with Crippen molar-refractivity contribution in [2.75, 3.05) is 13.7 Å². The SMILES string of the molecule is COC(=O)c1c(Cl)cnc2c1ccn2COCC[Si](C)(C)C. The highest BCUT2D eigenvalue weighted by atomic mass is 35.5. The fourth-order valence-electron chi connectivity index (χ4n) is 2.07. The second kappa shape index (κ2) is 6.81. The van der Waals surface area contributed by atoms with Crippen LogP contribution >= 0.6 is 11.6 Å². The van der Waals surface area contributed by atoms with Crippen LogP contribution in [-0.4, -0.2) is 37.3 Å². The van der Waals surface area contributed by atoms with Gasteiger partial charge in [-0.15, -0.1) is 0 Å². The van der Waals surface area contributed by atoms with Gasteiger partial charge in [0.15, 0.2) is 0 Å². The Hall–Kier alpha value is -1.37. The van der Waals surface area contributed by atoms with E-state index in [-0.39, 0.29) is 5.02 Å². The first-order valence-corrected chi connectivity index (χ1v) is 11.2. The van der Waals surface area contributed by atoms with E-state index in [2.05, 4.69) is 24.6 Å². The van der Waals surface area contributed by atoms with Crippen LogP contribution in [0.4, 0.5) is 0 Å². The van der Waals surface area contributed by atoms with Gasteiger partial charge in [-0.05, 0) is 12.1 Å². The summed E-state index contributed by atoms with van der Waals surface area (Å²) in [6.07, 6.45) is 3.31. The van der Waals surface area contributed by atoms with Crippen LogP contribution in [0.25, 0.3) is 11.0 Å². The zero-order valence-corrected chi connectivity index (χ0v) is 15.1. The molecule has 2 aromatic rings. The first-order valence-electron chi connectivity index (χ1n) is 7.13. The van der Waals surface area contributed by atoms with Gasteiger partial charge in [0.25, 0.3) is 0 Å². The quantitative estimate of drug-likeness (QED) is 0.456. The van der Waals surface area contributed by atoms with Crippen molar-refractivity contribution in [3.8, 4) is 0 Å². The van der Waals surface area contributed by atoms with Gasteiger partial charge in [-0.2, -0.15) is 0 Å². The Balaban J connectivity index is 2.18. The maximum absolute atomic E-state index is 11.9. The summed E-state index contributed by atoms with van der Waals surface area (Å²) < 4.78 is 12.4. The van der Waals surface area contributed by atoms with Crippen molar-refractivity contribution in [1.29, 1.82) is 0 Å². The number of ether oxygens (including phenoxy) is 2. The molecule has 0 aliphatic rings. The van der Waals surface area contributed by atoms with Gasteiger partial charge in [0, 0.05) is 32.5 Å². The maximum Gasteiger partial charge on any atom is 0.340 e. The normalized spacial score (nSPS) is 11.9. The van der Waals surface area contributed by atoms with Gasteiger partial charge in [-0.3, -0.25) is 0 Å². The molecular formula is C15H21ClN2O3Si. The molecule has 120 valence electrons. The number of carbonyl (C=O) groups is 1. The van der Waals surface area contributed by atoms with Crippen molar-refractivity contribution < 1.29 is 14.3 Å². The fraction of sp³-hybridized carbons (Fsp3) is 0.467. The summed E-state index contributed by atoms with van der Waals surface area (Å²) in [6, 6.07) is 2.92. The van der Waals surface area contributed by atoms with Crippen molar-refractivity contribution >= 4 is 36.7 Å². The van der Waals surface area contributed by atoms with Gasteiger partial charge in [0.2, 0.25) is 0 Å². The third-order valence-corrected chi connectivity index (χ3v) is 5.35. The zero-order chi connectivity index (χ0) is 16.3. The summed E-state index contributed by atoms with van der Waals surface area (Å²) >= 11 is 6.06. The highest BCUT2D eigenvalue weighted by Crippen LogP contribution is 2.26. The van der Waals surface area contributed by atoms with E-state index in [1.165, 1.54) is 13.3 Å². The minimum absolute atomic E-state index is 0.289. The predicted octanol–water partition coefficient (Wildman–Crippen LogP) is 3.79. The molecule has 2 rings (SSSR count). The molecule has 0 radical (unpaired) electrons. The van der Waals surface area contributed by atoms with Gasteiger partial charge in [-0.25, -0.2) is 9.78 Å². The summed E-state index contributed by atoms with van der Waals surface area (Å²) in [5, 5.41) is 0.963. The topological polar surface area (TPSA) is 53.3 Å². The number of esters is 1. The fourth-order valence-corrected chi connectivity index (χ4v) is 3.05. The number of pyridine rings is 1. The molecule has 2 aromatic heterocycles. The van der Waals surface area contributed by atoms with Crippen molar-refractivity contribution in [1.82, 2.24) is 9.55 Å². The Morgan fingerprint density at radius 3 is 2.77 bits per heavy atom. The third kappa shape index (κ3) is 3.88. The van der Waals surface area contributed by atoms with Crippen LogP contribution in [0.3, 0.4) is 0 Å². The molecule has 0 aliphatic heterocycles. The first kappa shape index (κ1) is 17.0. The smallest absolute Gasteiger partial charge is 0.340 e. The second-order valence-corrected chi connectivity index (χ2v) is 12.4. The molecule has 0 spiro atoms. The molecule has 0 unspecified atom stereocenters. The molecule has 0 saturated heterocycles. The second-order valence-electron chi connectivity index (χ2n) is 6.34. The average Bonchev–Trinajstić information content (AvgIpc) is 2.84. The van der Waals surface area contributed by atoms with Crippen LogP contribution in [0.5, 0.6) is 0 Å². The third-order valence-electron chi connectivity index (χ3n) is 3.36. The Labute approximate surface area is 136 Å². The van der Waals surface area contributed by atoms with Gasteiger partial charge in [0.05, 0.1) is 17.7 Å². The van der Waals surface area contributed by atoms with Crippen LogP contribution in [0.15, 0.2) is 18.5 Å². The maximum atomic E-state index is 11.9. The van der Waals surface area contributed by atoms with Crippen LogP contribution in [-0.2, 0) is 16.2 Å². The largest absolute Gasteiger partial charge is 0.465 e.